The van der Waals surface area contributed by atoms with E-state index in [0.717, 1.165) is 16.5 Å². The van der Waals surface area contributed by atoms with Crippen molar-refractivity contribution in [3.05, 3.63) is 95.1 Å². The third kappa shape index (κ3) is 5.72. The Bertz CT molecular complexity index is 1290. The fraction of sp³-hybridized carbons (Fsp3) is 0.214. The van der Waals surface area contributed by atoms with Crippen LogP contribution in [0.15, 0.2) is 66.7 Å². The van der Waals surface area contributed by atoms with E-state index in [9.17, 15) is 33.1 Å². The van der Waals surface area contributed by atoms with Crippen molar-refractivity contribution in [1.82, 2.24) is 4.90 Å². The summed E-state index contributed by atoms with van der Waals surface area (Å²) in [7, 11) is 0. The molecule has 3 aromatic rings. The highest BCUT2D eigenvalue weighted by atomic mass is 19.1. The minimum atomic E-state index is -1.22. The highest BCUT2D eigenvalue weighted by Crippen LogP contribution is 2.26. The molecule has 3 aromatic carbocycles. The molecule has 7 nitrogen and oxygen atoms in total. The number of nitrogens with zero attached hydrogens (tertiary/aromatic N) is 1. The van der Waals surface area contributed by atoms with Crippen LogP contribution >= 0.6 is 0 Å². The van der Waals surface area contributed by atoms with Crippen molar-refractivity contribution in [1.29, 1.82) is 0 Å². The summed E-state index contributed by atoms with van der Waals surface area (Å²) in [6.07, 6.45) is -0.565. The molecule has 2 amide bonds. The molecule has 1 heterocycles. The van der Waals surface area contributed by atoms with Gasteiger partial charge < -0.3 is 9.84 Å². The molecule has 0 bridgehead atoms. The van der Waals surface area contributed by atoms with Crippen LogP contribution in [0.5, 0.6) is 0 Å². The lowest BCUT2D eigenvalue weighted by Gasteiger charge is -2.24. The Labute approximate surface area is 211 Å². The van der Waals surface area contributed by atoms with Gasteiger partial charge in [0.2, 0.25) is 0 Å². The van der Waals surface area contributed by atoms with E-state index < -0.39 is 41.4 Å². The Morgan fingerprint density at radius 2 is 1.49 bits per heavy atom. The van der Waals surface area contributed by atoms with Crippen molar-refractivity contribution in [2.45, 2.75) is 25.4 Å². The van der Waals surface area contributed by atoms with Crippen LogP contribution in [-0.4, -0.2) is 46.9 Å². The summed E-state index contributed by atoms with van der Waals surface area (Å²) in [5, 5.41) is 9.81. The lowest BCUT2D eigenvalue weighted by Crippen LogP contribution is -2.37. The zero-order valence-electron chi connectivity index (χ0n) is 19.6. The van der Waals surface area contributed by atoms with E-state index >= 15 is 0 Å². The normalized spacial score (nSPS) is 14.3. The number of ether oxygens (including phenoxy) is 1. The lowest BCUT2D eigenvalue weighted by atomic mass is 9.92. The van der Waals surface area contributed by atoms with Gasteiger partial charge in [0, 0.05) is 12.6 Å². The number of halogens is 2. The van der Waals surface area contributed by atoms with Crippen LogP contribution in [0.4, 0.5) is 8.78 Å². The molecular formula is C28H23F2NO6. The molecule has 4 rings (SSSR count). The molecule has 0 aliphatic carbocycles. The van der Waals surface area contributed by atoms with Gasteiger partial charge in [-0.2, -0.15) is 0 Å². The number of hydrogen-bond donors (Lipinski definition) is 1. The molecule has 1 aliphatic rings. The Morgan fingerprint density at radius 1 is 0.892 bits per heavy atom. The molecule has 0 saturated heterocycles. The van der Waals surface area contributed by atoms with E-state index in [0.29, 0.717) is 17.5 Å². The lowest BCUT2D eigenvalue weighted by molar-refractivity contribution is -0.151. The summed E-state index contributed by atoms with van der Waals surface area (Å²) >= 11 is 0. The van der Waals surface area contributed by atoms with Crippen LogP contribution < -0.4 is 0 Å². The van der Waals surface area contributed by atoms with Gasteiger partial charge in [-0.1, -0.05) is 36.4 Å². The Morgan fingerprint density at radius 3 is 2.03 bits per heavy atom. The van der Waals surface area contributed by atoms with E-state index in [1.807, 2.05) is 0 Å². The summed E-state index contributed by atoms with van der Waals surface area (Å²) < 4.78 is 32.1. The fourth-order valence-corrected chi connectivity index (χ4v) is 4.51. The number of hydrogen-bond acceptors (Lipinski definition) is 5. The van der Waals surface area contributed by atoms with Crippen molar-refractivity contribution >= 4 is 24.3 Å². The van der Waals surface area contributed by atoms with Crippen LogP contribution in [0.1, 0.15) is 39.1 Å². The summed E-state index contributed by atoms with van der Waals surface area (Å²) in [6.45, 7) is 0.0468. The number of aliphatic carboxylic acids is 1. The second kappa shape index (κ2) is 11.1. The van der Waals surface area contributed by atoms with Crippen molar-refractivity contribution < 1.29 is 37.8 Å². The second-order valence-corrected chi connectivity index (χ2v) is 8.71. The monoisotopic (exact) mass is 507 g/mol. The van der Waals surface area contributed by atoms with E-state index in [1.165, 1.54) is 12.1 Å². The van der Waals surface area contributed by atoms with Gasteiger partial charge in [0.1, 0.15) is 17.7 Å². The average Bonchev–Trinajstić information content (AvgIpc) is 3.11. The molecule has 190 valence electrons. The molecule has 0 fully saturated rings. The molecule has 0 spiro atoms. The zero-order chi connectivity index (χ0) is 26.5. The van der Waals surface area contributed by atoms with E-state index in [1.54, 1.807) is 48.5 Å². The van der Waals surface area contributed by atoms with Gasteiger partial charge in [-0.3, -0.25) is 24.1 Å². The van der Waals surface area contributed by atoms with Crippen LogP contribution in [-0.2, 0) is 20.7 Å². The quantitative estimate of drug-likeness (QED) is 0.303. The maximum absolute atomic E-state index is 13.5. The summed E-state index contributed by atoms with van der Waals surface area (Å²) in [4.78, 5) is 49.3. The smallest absolute Gasteiger partial charge is 0.310 e. The molecule has 0 unspecified atom stereocenters. The van der Waals surface area contributed by atoms with Crippen LogP contribution in [0.3, 0.4) is 0 Å². The number of amides is 2. The highest BCUT2D eigenvalue weighted by Gasteiger charge is 2.37. The van der Waals surface area contributed by atoms with Crippen molar-refractivity contribution in [3.63, 3.8) is 0 Å². The van der Waals surface area contributed by atoms with Gasteiger partial charge in [0.25, 0.3) is 18.3 Å². The van der Waals surface area contributed by atoms with Crippen LogP contribution in [0, 0.1) is 17.6 Å². The number of rotatable bonds is 11. The molecule has 0 radical (unpaired) electrons. The van der Waals surface area contributed by atoms with Crippen molar-refractivity contribution in [2.75, 3.05) is 6.54 Å². The van der Waals surface area contributed by atoms with Crippen LogP contribution in [0.2, 0.25) is 0 Å². The van der Waals surface area contributed by atoms with Crippen molar-refractivity contribution in [3.8, 4) is 11.1 Å². The van der Waals surface area contributed by atoms with E-state index in [2.05, 4.69) is 0 Å². The first kappa shape index (κ1) is 25.7. The third-order valence-corrected chi connectivity index (χ3v) is 6.41. The third-order valence-electron chi connectivity index (χ3n) is 6.41. The Kier molecular flexibility index (Phi) is 7.71. The van der Waals surface area contributed by atoms with Gasteiger partial charge in [-0.25, -0.2) is 8.78 Å². The number of carbonyl (C=O) groups is 4. The fourth-order valence-electron chi connectivity index (χ4n) is 4.51. The predicted molar refractivity (Wildman–Crippen MR) is 129 cm³/mol. The number of benzene rings is 3. The first-order valence-electron chi connectivity index (χ1n) is 11.6. The maximum Gasteiger partial charge on any atom is 0.310 e. The second-order valence-electron chi connectivity index (χ2n) is 8.71. The average molecular weight is 507 g/mol. The standard InChI is InChI=1S/C28H23F2NO6/c29-20-13-19(14-21(30)15-20)18-8-5-17(6-9-18)7-10-25(37-16-32)24(28(35)36)11-12-31-26(33)22-3-1-2-4-23(22)27(31)34/h1-6,8-9,13-16,24-25H,7,10-12H2,(H,35,36)/t24-,25-/m1/s1. The highest BCUT2D eigenvalue weighted by molar-refractivity contribution is 6.21. The first-order valence-corrected chi connectivity index (χ1v) is 11.6. The minimum Gasteiger partial charge on any atom is -0.481 e. The van der Waals surface area contributed by atoms with Gasteiger partial charge >= 0.3 is 5.97 Å². The Hall–Kier alpha value is -4.40. The zero-order valence-corrected chi connectivity index (χ0v) is 19.6. The summed E-state index contributed by atoms with van der Waals surface area (Å²) in [5.41, 5.74) is 2.32. The van der Waals surface area contributed by atoms with E-state index in [4.69, 9.17) is 4.74 Å². The van der Waals surface area contributed by atoms with Gasteiger partial charge in [-0.15, -0.1) is 0 Å². The SMILES string of the molecule is O=CO[C@H](CCc1ccc(-c2cc(F)cc(F)c2)cc1)[C@@H](CCN1C(=O)c2ccccc2C1=O)C(=O)O. The maximum atomic E-state index is 13.5. The number of imide groups is 1. The number of aryl methyl sites for hydroxylation is 1. The number of carboxylic acids is 1. The molecule has 1 aliphatic heterocycles. The van der Waals surface area contributed by atoms with Gasteiger partial charge in [0.05, 0.1) is 17.0 Å². The van der Waals surface area contributed by atoms with Gasteiger partial charge in [0.15, 0.2) is 0 Å². The Balaban J connectivity index is 1.41. The molecule has 0 aromatic heterocycles. The molecule has 1 N–H and O–H groups in total. The molecule has 2 atom stereocenters. The van der Waals surface area contributed by atoms with Gasteiger partial charge in [-0.05, 0) is 60.2 Å². The summed E-state index contributed by atoms with van der Waals surface area (Å²) in [5.74, 6) is -4.72. The van der Waals surface area contributed by atoms with E-state index in [-0.39, 0.29) is 37.0 Å². The molecule has 37 heavy (non-hydrogen) atoms. The predicted octanol–water partition coefficient (Wildman–Crippen LogP) is 4.49. The number of carbonyl (C=O) groups excluding carboxylic acids is 3. The topological polar surface area (TPSA) is 101 Å². The number of fused-ring (bicyclic) bond motifs is 1. The molecule has 9 heteroatoms. The summed E-state index contributed by atoms with van der Waals surface area (Å²) in [6, 6.07) is 16.5. The van der Waals surface area contributed by atoms with Crippen LogP contribution in [0.25, 0.3) is 11.1 Å². The number of carboxylic acid groups (broad SMARTS) is 1. The first-order chi connectivity index (χ1) is 17.8. The van der Waals surface area contributed by atoms with Crippen molar-refractivity contribution in [2.24, 2.45) is 5.92 Å². The minimum absolute atomic E-state index is 0.0939. The molecule has 0 saturated carbocycles. The largest absolute Gasteiger partial charge is 0.481 e. The molecular weight excluding hydrogens is 484 g/mol.